The van der Waals surface area contributed by atoms with Crippen LogP contribution in [0.25, 0.3) is 0 Å². The van der Waals surface area contributed by atoms with E-state index in [1.165, 1.54) is 5.56 Å². The van der Waals surface area contributed by atoms with E-state index >= 15 is 0 Å². The number of aromatic nitrogens is 1. The smallest absolute Gasteiger partial charge is 0.255 e. The molecule has 21 heavy (non-hydrogen) atoms. The van der Waals surface area contributed by atoms with Gasteiger partial charge in [0.25, 0.3) is 5.91 Å². The zero-order valence-corrected chi connectivity index (χ0v) is 12.7. The van der Waals surface area contributed by atoms with E-state index in [1.807, 2.05) is 45.0 Å². The Balaban J connectivity index is 2.05. The summed E-state index contributed by atoms with van der Waals surface area (Å²) >= 11 is 0. The van der Waals surface area contributed by atoms with Crippen LogP contribution in [0, 0.1) is 6.92 Å². The van der Waals surface area contributed by atoms with Gasteiger partial charge >= 0.3 is 0 Å². The molecule has 110 valence electrons. The van der Waals surface area contributed by atoms with Crippen molar-refractivity contribution < 1.29 is 4.79 Å². The molecule has 0 saturated carbocycles. The molecule has 0 saturated heterocycles. The van der Waals surface area contributed by atoms with Gasteiger partial charge in [0.1, 0.15) is 5.82 Å². The van der Waals surface area contributed by atoms with E-state index < -0.39 is 0 Å². The second-order valence-corrected chi connectivity index (χ2v) is 5.37. The van der Waals surface area contributed by atoms with E-state index in [2.05, 4.69) is 15.6 Å². The van der Waals surface area contributed by atoms with Gasteiger partial charge in [-0.15, -0.1) is 0 Å². The van der Waals surface area contributed by atoms with Gasteiger partial charge < -0.3 is 10.6 Å². The summed E-state index contributed by atoms with van der Waals surface area (Å²) in [5, 5.41) is 6.12. The highest BCUT2D eigenvalue weighted by molar-refractivity contribution is 5.98. The molecule has 2 N–H and O–H groups in total. The molecule has 0 unspecified atom stereocenters. The van der Waals surface area contributed by atoms with Crippen LogP contribution >= 0.6 is 0 Å². The van der Waals surface area contributed by atoms with Crippen molar-refractivity contribution in [1.82, 2.24) is 10.3 Å². The Labute approximate surface area is 125 Å². The van der Waals surface area contributed by atoms with Gasteiger partial charge in [-0.1, -0.05) is 29.8 Å². The van der Waals surface area contributed by atoms with E-state index in [0.29, 0.717) is 17.9 Å². The Morgan fingerprint density at radius 3 is 2.57 bits per heavy atom. The number of nitrogens with zero attached hydrogens (tertiary/aromatic N) is 1. The molecule has 1 heterocycles. The first-order chi connectivity index (χ1) is 10.1. The van der Waals surface area contributed by atoms with Crippen molar-refractivity contribution in [2.75, 3.05) is 5.32 Å². The van der Waals surface area contributed by atoms with Crippen molar-refractivity contribution in [3.8, 4) is 0 Å². The molecule has 0 bridgehead atoms. The van der Waals surface area contributed by atoms with E-state index in [0.717, 1.165) is 5.56 Å². The molecule has 0 atom stereocenters. The molecular weight excluding hydrogens is 262 g/mol. The van der Waals surface area contributed by atoms with Gasteiger partial charge in [-0.05, 0) is 38.5 Å². The fraction of sp³-hybridized carbons (Fsp3) is 0.294. The van der Waals surface area contributed by atoms with Gasteiger partial charge in [-0.3, -0.25) is 4.79 Å². The maximum absolute atomic E-state index is 12.3. The minimum Gasteiger partial charge on any atom is -0.367 e. The molecular formula is C17H21N3O. The monoisotopic (exact) mass is 283 g/mol. The van der Waals surface area contributed by atoms with Gasteiger partial charge in [-0.2, -0.15) is 0 Å². The Kier molecular flexibility index (Phi) is 4.93. The standard InChI is InChI=1S/C17H21N3O/c1-12(2)20-16-15(5-4-10-18-16)17(21)19-11-14-8-6-13(3)7-9-14/h4-10,12H,11H2,1-3H3,(H,18,20)(H,19,21). The quantitative estimate of drug-likeness (QED) is 0.886. The van der Waals surface area contributed by atoms with E-state index in [9.17, 15) is 4.79 Å². The lowest BCUT2D eigenvalue weighted by atomic mass is 10.1. The van der Waals surface area contributed by atoms with Crippen molar-refractivity contribution in [3.05, 3.63) is 59.3 Å². The average Bonchev–Trinajstić information content (AvgIpc) is 2.46. The minimum atomic E-state index is -0.119. The number of carbonyl (C=O) groups excluding carboxylic acids is 1. The number of amides is 1. The number of benzene rings is 1. The first-order valence-electron chi connectivity index (χ1n) is 7.11. The minimum absolute atomic E-state index is 0.119. The van der Waals surface area contributed by atoms with Crippen LogP contribution in [0.5, 0.6) is 0 Å². The van der Waals surface area contributed by atoms with Crippen molar-refractivity contribution in [2.45, 2.75) is 33.4 Å². The van der Waals surface area contributed by atoms with Gasteiger partial charge in [0, 0.05) is 18.8 Å². The van der Waals surface area contributed by atoms with Crippen LogP contribution in [0.15, 0.2) is 42.6 Å². The molecule has 0 fully saturated rings. The largest absolute Gasteiger partial charge is 0.367 e. The Hall–Kier alpha value is -2.36. The molecule has 1 aromatic heterocycles. The number of aryl methyl sites for hydroxylation is 1. The highest BCUT2D eigenvalue weighted by Crippen LogP contribution is 2.13. The Bertz CT molecular complexity index is 606. The number of anilines is 1. The summed E-state index contributed by atoms with van der Waals surface area (Å²) in [6.07, 6.45) is 1.68. The normalized spacial score (nSPS) is 10.5. The average molecular weight is 283 g/mol. The van der Waals surface area contributed by atoms with Crippen LogP contribution in [0.1, 0.15) is 35.3 Å². The fourth-order valence-electron chi connectivity index (χ4n) is 1.96. The van der Waals surface area contributed by atoms with Gasteiger partial charge in [0.2, 0.25) is 0 Å². The summed E-state index contributed by atoms with van der Waals surface area (Å²) in [5.74, 6) is 0.501. The van der Waals surface area contributed by atoms with Gasteiger partial charge in [-0.25, -0.2) is 4.98 Å². The maximum atomic E-state index is 12.3. The first-order valence-corrected chi connectivity index (χ1v) is 7.11. The topological polar surface area (TPSA) is 54.0 Å². The predicted octanol–water partition coefficient (Wildman–Crippen LogP) is 3.14. The Morgan fingerprint density at radius 1 is 1.19 bits per heavy atom. The molecule has 0 spiro atoms. The lowest BCUT2D eigenvalue weighted by Crippen LogP contribution is -2.25. The molecule has 2 aromatic rings. The van der Waals surface area contributed by atoms with Crippen molar-refractivity contribution >= 4 is 11.7 Å². The van der Waals surface area contributed by atoms with Crippen LogP contribution < -0.4 is 10.6 Å². The number of pyridine rings is 1. The number of rotatable bonds is 5. The fourth-order valence-corrected chi connectivity index (χ4v) is 1.96. The van der Waals surface area contributed by atoms with Crippen LogP contribution in [0.3, 0.4) is 0 Å². The lowest BCUT2D eigenvalue weighted by molar-refractivity contribution is 0.0951. The number of hydrogen-bond acceptors (Lipinski definition) is 3. The third kappa shape index (κ3) is 4.31. The summed E-state index contributed by atoms with van der Waals surface area (Å²) in [4.78, 5) is 16.5. The predicted molar refractivity (Wildman–Crippen MR) is 85.3 cm³/mol. The van der Waals surface area contributed by atoms with Crippen LogP contribution in [0.4, 0.5) is 5.82 Å². The van der Waals surface area contributed by atoms with Crippen LogP contribution in [0.2, 0.25) is 0 Å². The summed E-state index contributed by atoms with van der Waals surface area (Å²) in [6, 6.07) is 11.9. The molecule has 4 heteroatoms. The zero-order valence-electron chi connectivity index (χ0n) is 12.7. The molecule has 0 aliphatic heterocycles. The molecule has 0 aliphatic rings. The zero-order chi connectivity index (χ0) is 15.2. The number of hydrogen-bond donors (Lipinski definition) is 2. The second-order valence-electron chi connectivity index (χ2n) is 5.37. The highest BCUT2D eigenvalue weighted by atomic mass is 16.1. The molecule has 4 nitrogen and oxygen atoms in total. The number of carbonyl (C=O) groups is 1. The molecule has 2 rings (SSSR count). The molecule has 0 radical (unpaired) electrons. The summed E-state index contributed by atoms with van der Waals surface area (Å²) in [7, 11) is 0. The first kappa shape index (κ1) is 15.0. The SMILES string of the molecule is Cc1ccc(CNC(=O)c2cccnc2NC(C)C)cc1. The third-order valence-corrected chi connectivity index (χ3v) is 3.05. The highest BCUT2D eigenvalue weighted by Gasteiger charge is 2.12. The maximum Gasteiger partial charge on any atom is 0.255 e. The molecule has 1 aromatic carbocycles. The van der Waals surface area contributed by atoms with Crippen molar-refractivity contribution in [3.63, 3.8) is 0 Å². The van der Waals surface area contributed by atoms with E-state index in [-0.39, 0.29) is 11.9 Å². The third-order valence-electron chi connectivity index (χ3n) is 3.05. The van der Waals surface area contributed by atoms with Crippen LogP contribution in [-0.2, 0) is 6.54 Å². The van der Waals surface area contributed by atoms with Crippen LogP contribution in [-0.4, -0.2) is 16.9 Å². The summed E-state index contributed by atoms with van der Waals surface area (Å²) < 4.78 is 0. The summed E-state index contributed by atoms with van der Waals surface area (Å²) in [5.41, 5.74) is 2.86. The van der Waals surface area contributed by atoms with Crippen molar-refractivity contribution in [1.29, 1.82) is 0 Å². The van der Waals surface area contributed by atoms with E-state index in [4.69, 9.17) is 0 Å². The second kappa shape index (κ2) is 6.88. The molecule has 0 aliphatic carbocycles. The van der Waals surface area contributed by atoms with E-state index in [1.54, 1.807) is 18.3 Å². The Morgan fingerprint density at radius 2 is 1.90 bits per heavy atom. The lowest BCUT2D eigenvalue weighted by Gasteiger charge is -2.13. The summed E-state index contributed by atoms with van der Waals surface area (Å²) in [6.45, 7) is 6.59. The van der Waals surface area contributed by atoms with Crippen molar-refractivity contribution in [2.24, 2.45) is 0 Å². The number of nitrogens with one attached hydrogen (secondary N) is 2. The molecule has 1 amide bonds. The van der Waals surface area contributed by atoms with Gasteiger partial charge in [0.15, 0.2) is 0 Å². The van der Waals surface area contributed by atoms with Gasteiger partial charge in [0.05, 0.1) is 5.56 Å².